The number of aromatic nitrogens is 4. The van der Waals surface area contributed by atoms with Crippen molar-refractivity contribution in [2.24, 2.45) is 13.0 Å². The van der Waals surface area contributed by atoms with Gasteiger partial charge in [0.05, 0.1) is 23.1 Å². The van der Waals surface area contributed by atoms with Crippen LogP contribution in [0.3, 0.4) is 0 Å². The van der Waals surface area contributed by atoms with Crippen molar-refractivity contribution in [3.05, 3.63) is 60.0 Å². The van der Waals surface area contributed by atoms with Crippen LogP contribution in [0.25, 0.3) is 22.3 Å². The largest absolute Gasteiger partial charge is 0.348 e. The monoisotopic (exact) mass is 522 g/mol. The fraction of sp³-hybridized carbons (Fsp3) is 0.345. The van der Waals surface area contributed by atoms with E-state index < -0.39 is 0 Å². The summed E-state index contributed by atoms with van der Waals surface area (Å²) in [5.41, 5.74) is 4.57. The zero-order valence-corrected chi connectivity index (χ0v) is 21.9. The molecule has 0 saturated carbocycles. The molecule has 3 aliphatic rings. The number of hydrogen-bond acceptors (Lipinski definition) is 7. The van der Waals surface area contributed by atoms with Crippen molar-refractivity contribution in [1.82, 2.24) is 29.7 Å². The number of nitrogens with one attached hydrogen (secondary N) is 2. The maximum atomic E-state index is 13.0. The van der Waals surface area contributed by atoms with Gasteiger partial charge < -0.3 is 20.1 Å². The van der Waals surface area contributed by atoms with E-state index in [-0.39, 0.29) is 11.8 Å². The molecule has 1 atom stereocenters. The number of aryl methyl sites for hydroxylation is 1. The summed E-state index contributed by atoms with van der Waals surface area (Å²) in [7, 11) is 1.96. The number of amides is 2. The molecule has 2 amide bonds. The minimum Gasteiger partial charge on any atom is -0.348 e. The first-order chi connectivity index (χ1) is 19.0. The smallest absolute Gasteiger partial charge is 0.254 e. The average molecular weight is 523 g/mol. The predicted octanol–water partition coefficient (Wildman–Crippen LogP) is 3.47. The number of anilines is 3. The minimum atomic E-state index is -0.147. The van der Waals surface area contributed by atoms with E-state index in [4.69, 9.17) is 9.97 Å². The van der Waals surface area contributed by atoms with Crippen molar-refractivity contribution in [2.45, 2.75) is 25.8 Å². The second-order valence-electron chi connectivity index (χ2n) is 10.6. The van der Waals surface area contributed by atoms with Gasteiger partial charge in [-0.25, -0.2) is 9.97 Å². The highest BCUT2D eigenvalue weighted by molar-refractivity contribution is 6.06. The van der Waals surface area contributed by atoms with E-state index >= 15 is 0 Å². The van der Waals surface area contributed by atoms with E-state index in [0.717, 1.165) is 53.9 Å². The molecule has 2 fully saturated rings. The zero-order chi connectivity index (χ0) is 26.5. The van der Waals surface area contributed by atoms with Crippen molar-refractivity contribution in [1.29, 1.82) is 0 Å². The van der Waals surface area contributed by atoms with Crippen molar-refractivity contribution in [3.63, 3.8) is 0 Å². The first-order valence-electron chi connectivity index (χ1n) is 13.5. The number of rotatable bonds is 6. The SMILES string of the molecule is Cn1ccc2c(-c3ncc(Nc4cccc(N5C[C@H](CN6CCC6)CCC5=O)n4)c4c3CNC4=O)ccnc21. The van der Waals surface area contributed by atoms with E-state index in [1.807, 2.05) is 53.0 Å². The third-order valence-electron chi connectivity index (χ3n) is 8.10. The summed E-state index contributed by atoms with van der Waals surface area (Å²) in [4.78, 5) is 44.1. The number of pyridine rings is 3. The zero-order valence-electron chi connectivity index (χ0n) is 21.9. The lowest BCUT2D eigenvalue weighted by Crippen LogP contribution is -2.47. The number of nitrogens with zero attached hydrogens (tertiary/aromatic N) is 6. The Morgan fingerprint density at radius 1 is 1.13 bits per heavy atom. The van der Waals surface area contributed by atoms with Crippen molar-refractivity contribution in [2.75, 3.05) is 36.4 Å². The van der Waals surface area contributed by atoms with Crippen molar-refractivity contribution in [3.8, 4) is 11.3 Å². The van der Waals surface area contributed by atoms with E-state index in [1.54, 1.807) is 12.4 Å². The highest BCUT2D eigenvalue weighted by Gasteiger charge is 2.31. The van der Waals surface area contributed by atoms with Crippen LogP contribution in [-0.4, -0.2) is 62.4 Å². The molecule has 0 spiro atoms. The number of piperidine rings is 1. The van der Waals surface area contributed by atoms with Gasteiger partial charge in [-0.1, -0.05) is 6.07 Å². The molecule has 2 N–H and O–H groups in total. The predicted molar refractivity (Wildman–Crippen MR) is 149 cm³/mol. The molecule has 0 bridgehead atoms. The molecule has 0 aromatic carbocycles. The highest BCUT2D eigenvalue weighted by Crippen LogP contribution is 2.36. The van der Waals surface area contributed by atoms with Gasteiger partial charge in [-0.2, -0.15) is 0 Å². The van der Waals surface area contributed by atoms with E-state index in [2.05, 4.69) is 20.5 Å². The van der Waals surface area contributed by atoms with Gasteiger partial charge in [-0.05, 0) is 56.1 Å². The summed E-state index contributed by atoms with van der Waals surface area (Å²) >= 11 is 0. The van der Waals surface area contributed by atoms with Crippen LogP contribution in [0.5, 0.6) is 0 Å². The first kappa shape index (κ1) is 23.8. The quantitative estimate of drug-likeness (QED) is 0.399. The van der Waals surface area contributed by atoms with Gasteiger partial charge in [0.1, 0.15) is 17.3 Å². The number of carbonyl (C=O) groups is 2. The molecular formula is C29H30N8O2. The van der Waals surface area contributed by atoms with Crippen molar-refractivity contribution >= 4 is 40.2 Å². The Bertz CT molecular complexity index is 1610. The molecule has 7 heterocycles. The lowest BCUT2D eigenvalue weighted by molar-refractivity contribution is -0.120. The Morgan fingerprint density at radius 3 is 2.87 bits per heavy atom. The molecule has 10 nitrogen and oxygen atoms in total. The van der Waals surface area contributed by atoms with Gasteiger partial charge >= 0.3 is 0 Å². The Morgan fingerprint density at radius 2 is 2.03 bits per heavy atom. The van der Waals surface area contributed by atoms with E-state index in [0.29, 0.717) is 48.3 Å². The molecular weight excluding hydrogens is 492 g/mol. The van der Waals surface area contributed by atoms with Gasteiger partial charge in [0.25, 0.3) is 5.91 Å². The second-order valence-corrected chi connectivity index (χ2v) is 10.6. The van der Waals surface area contributed by atoms with Crippen LogP contribution in [0, 0.1) is 5.92 Å². The Balaban J connectivity index is 1.19. The lowest BCUT2D eigenvalue weighted by atomic mass is 9.95. The molecule has 2 saturated heterocycles. The van der Waals surface area contributed by atoms with Crippen LogP contribution in [0.4, 0.5) is 17.3 Å². The number of carbonyl (C=O) groups excluding carboxylic acids is 2. The van der Waals surface area contributed by atoms with Gasteiger partial charge in [-0.15, -0.1) is 0 Å². The summed E-state index contributed by atoms with van der Waals surface area (Å²) in [5.74, 6) is 1.61. The Kier molecular flexibility index (Phi) is 5.77. The van der Waals surface area contributed by atoms with Crippen LogP contribution in [0.15, 0.2) is 48.9 Å². The number of hydrogen-bond donors (Lipinski definition) is 2. The minimum absolute atomic E-state index is 0.107. The van der Waals surface area contributed by atoms with E-state index in [1.165, 1.54) is 6.42 Å². The molecule has 4 aromatic heterocycles. The summed E-state index contributed by atoms with van der Waals surface area (Å²) in [6.07, 6.45) is 8.17. The second kappa shape index (κ2) is 9.46. The molecule has 7 rings (SSSR count). The molecule has 0 unspecified atom stereocenters. The standard InChI is InChI=1S/C29H30N8O2/c1-35-13-9-20-19(8-10-30-28(20)35)27-21-14-32-29(39)26(21)22(15-31-27)33-23-4-2-5-24(34-23)37-17-18(6-7-25(37)38)16-36-11-3-12-36/h2,4-5,8-10,13,15,18H,3,6-7,11-12,14,16-17H2,1H3,(H,32,39)(H,33,34)/t18-/m0/s1. The third-order valence-corrected chi connectivity index (χ3v) is 8.10. The van der Waals surface area contributed by atoms with Gasteiger partial charge in [-0.3, -0.25) is 19.5 Å². The normalized spacial score (nSPS) is 19.2. The number of likely N-dealkylation sites (tertiary alicyclic amines) is 1. The molecule has 3 aliphatic heterocycles. The topological polar surface area (TPSA) is 108 Å². The number of fused-ring (bicyclic) bond motifs is 2. The average Bonchev–Trinajstić information content (AvgIpc) is 3.51. The molecule has 10 heteroatoms. The van der Waals surface area contributed by atoms with Crippen LogP contribution in [-0.2, 0) is 18.4 Å². The molecule has 4 aromatic rings. The third kappa shape index (κ3) is 4.21. The molecule has 0 aliphatic carbocycles. The van der Waals surface area contributed by atoms with Gasteiger partial charge in [0, 0.05) is 62.0 Å². The van der Waals surface area contributed by atoms with Gasteiger partial charge in [0.15, 0.2) is 0 Å². The maximum absolute atomic E-state index is 13.0. The Labute approximate surface area is 226 Å². The summed E-state index contributed by atoms with van der Waals surface area (Å²) in [5, 5.41) is 7.26. The lowest BCUT2D eigenvalue weighted by Gasteiger charge is -2.38. The first-order valence-corrected chi connectivity index (χ1v) is 13.5. The summed E-state index contributed by atoms with van der Waals surface area (Å²) < 4.78 is 1.97. The van der Waals surface area contributed by atoms with Crippen LogP contribution >= 0.6 is 0 Å². The van der Waals surface area contributed by atoms with Crippen LogP contribution in [0.1, 0.15) is 35.2 Å². The molecule has 39 heavy (non-hydrogen) atoms. The molecule has 198 valence electrons. The van der Waals surface area contributed by atoms with Crippen LogP contribution < -0.4 is 15.5 Å². The Hall–Kier alpha value is -4.31. The fourth-order valence-electron chi connectivity index (χ4n) is 5.93. The summed E-state index contributed by atoms with van der Waals surface area (Å²) in [6.45, 7) is 4.43. The maximum Gasteiger partial charge on any atom is 0.254 e. The van der Waals surface area contributed by atoms with Crippen LogP contribution in [0.2, 0.25) is 0 Å². The van der Waals surface area contributed by atoms with Gasteiger partial charge in [0.2, 0.25) is 5.91 Å². The van der Waals surface area contributed by atoms with E-state index in [9.17, 15) is 9.59 Å². The highest BCUT2D eigenvalue weighted by atomic mass is 16.2. The van der Waals surface area contributed by atoms with Crippen molar-refractivity contribution < 1.29 is 9.59 Å². The summed E-state index contributed by atoms with van der Waals surface area (Å²) in [6, 6.07) is 9.58. The fourth-order valence-corrected chi connectivity index (χ4v) is 5.93. The molecule has 0 radical (unpaired) electrons.